The second-order valence-electron chi connectivity index (χ2n) is 6.53. The first-order valence-corrected chi connectivity index (χ1v) is 9.20. The lowest BCUT2D eigenvalue weighted by Crippen LogP contribution is -2.28. The lowest BCUT2D eigenvalue weighted by Gasteiger charge is -2.19. The molecule has 0 amide bonds. The number of pyridine rings is 1. The van der Waals surface area contributed by atoms with Gasteiger partial charge in [-0.2, -0.15) is 0 Å². The minimum Gasteiger partial charge on any atom is -0.208 e. The summed E-state index contributed by atoms with van der Waals surface area (Å²) in [6.07, 6.45) is 18.0. The van der Waals surface area contributed by atoms with Gasteiger partial charge in [0.05, 0.1) is 0 Å². The molecule has 1 aromatic rings. The summed E-state index contributed by atoms with van der Waals surface area (Å²) in [5.74, 6) is 0.780. The molecule has 0 N–H and O–H groups in total. The van der Waals surface area contributed by atoms with Crippen molar-refractivity contribution in [3.63, 3.8) is 0 Å². The number of nitrogens with zero attached hydrogens (tertiary/aromatic N) is 1. The molecule has 0 spiro atoms. The summed E-state index contributed by atoms with van der Waals surface area (Å²) in [4.78, 5) is 0. The summed E-state index contributed by atoms with van der Waals surface area (Å²) in [5.41, 5.74) is 3.25. The number of unbranched alkanes of at least 4 members (excludes halogenated alkanes) is 4. The Labute approximate surface area is 132 Å². The average Bonchev–Trinajstić information content (AvgIpc) is 2.49. The maximum absolute atomic E-state index is 2.40. The molecule has 0 aliphatic rings. The molecule has 0 aromatic carbocycles. The summed E-state index contributed by atoms with van der Waals surface area (Å²) < 4.78 is 2.22. The zero-order chi connectivity index (χ0) is 15.5. The highest BCUT2D eigenvalue weighted by molar-refractivity contribution is 5.25. The third-order valence-corrected chi connectivity index (χ3v) is 4.52. The van der Waals surface area contributed by atoms with Gasteiger partial charge in [0.1, 0.15) is 7.05 Å². The van der Waals surface area contributed by atoms with E-state index in [1.807, 2.05) is 0 Å². The number of hydrogen-bond acceptors (Lipinski definition) is 0. The summed E-state index contributed by atoms with van der Waals surface area (Å²) >= 11 is 0. The maximum Gasteiger partial charge on any atom is 0.171 e. The zero-order valence-corrected chi connectivity index (χ0v) is 14.8. The molecule has 0 saturated heterocycles. The molecule has 0 fully saturated rings. The van der Waals surface area contributed by atoms with Crippen molar-refractivity contribution >= 4 is 0 Å². The van der Waals surface area contributed by atoms with Crippen molar-refractivity contribution in [2.24, 2.45) is 7.05 Å². The molecule has 1 aromatic heterocycles. The van der Waals surface area contributed by atoms with Crippen LogP contribution in [0.4, 0.5) is 0 Å². The van der Waals surface area contributed by atoms with Crippen LogP contribution in [0.5, 0.6) is 0 Å². The molecule has 0 unspecified atom stereocenters. The van der Waals surface area contributed by atoms with Crippen molar-refractivity contribution in [1.29, 1.82) is 0 Å². The highest BCUT2D eigenvalue weighted by Crippen LogP contribution is 2.30. The molecule has 1 rings (SSSR count). The van der Waals surface area contributed by atoms with Crippen LogP contribution in [0.1, 0.15) is 95.6 Å². The first kappa shape index (κ1) is 18.2. The highest BCUT2D eigenvalue weighted by Gasteiger charge is 2.17. The molecule has 0 radical (unpaired) electrons. The standard InChI is InChI=1S/C20H36N/c1-5-8-11-14-19-17-21(4)16-15-20(19)18(12-9-6-2)13-10-7-3/h15-18H,5-14H2,1-4H3/q+1. The van der Waals surface area contributed by atoms with Gasteiger partial charge < -0.3 is 0 Å². The van der Waals surface area contributed by atoms with Crippen LogP contribution in [-0.2, 0) is 13.5 Å². The van der Waals surface area contributed by atoms with E-state index in [9.17, 15) is 0 Å². The Morgan fingerprint density at radius 1 is 0.905 bits per heavy atom. The molecular formula is C20H36N+. The van der Waals surface area contributed by atoms with Crippen LogP contribution in [0.3, 0.4) is 0 Å². The van der Waals surface area contributed by atoms with Crippen LogP contribution >= 0.6 is 0 Å². The molecule has 0 atom stereocenters. The number of hydrogen-bond donors (Lipinski definition) is 0. The van der Waals surface area contributed by atoms with Crippen LogP contribution in [0.25, 0.3) is 0 Å². The van der Waals surface area contributed by atoms with Crippen molar-refractivity contribution in [3.05, 3.63) is 29.6 Å². The van der Waals surface area contributed by atoms with Crippen LogP contribution < -0.4 is 4.57 Å². The molecule has 0 aliphatic heterocycles. The fourth-order valence-electron chi connectivity index (χ4n) is 3.20. The number of rotatable bonds is 11. The Hall–Kier alpha value is -0.850. The Bertz CT molecular complexity index is 375. The normalized spacial score (nSPS) is 11.3. The van der Waals surface area contributed by atoms with Gasteiger partial charge in [-0.05, 0) is 37.2 Å². The fraction of sp³-hybridized carbons (Fsp3) is 0.750. The molecule has 0 saturated carbocycles. The fourth-order valence-corrected chi connectivity index (χ4v) is 3.20. The Balaban J connectivity index is 2.87. The topological polar surface area (TPSA) is 3.88 Å². The first-order valence-electron chi connectivity index (χ1n) is 9.20. The van der Waals surface area contributed by atoms with Crippen molar-refractivity contribution < 1.29 is 4.57 Å². The molecule has 21 heavy (non-hydrogen) atoms. The largest absolute Gasteiger partial charge is 0.208 e. The predicted octanol–water partition coefficient (Wildman–Crippen LogP) is 5.71. The van der Waals surface area contributed by atoms with Gasteiger partial charge in [-0.1, -0.05) is 59.3 Å². The van der Waals surface area contributed by atoms with Crippen molar-refractivity contribution in [1.82, 2.24) is 0 Å². The molecule has 1 heterocycles. The van der Waals surface area contributed by atoms with E-state index in [1.54, 1.807) is 11.1 Å². The van der Waals surface area contributed by atoms with E-state index >= 15 is 0 Å². The van der Waals surface area contributed by atoms with Crippen LogP contribution in [0, 0.1) is 0 Å². The second kappa shape index (κ2) is 10.8. The Morgan fingerprint density at radius 2 is 1.52 bits per heavy atom. The number of aromatic nitrogens is 1. The summed E-state index contributed by atoms with van der Waals surface area (Å²) in [6.45, 7) is 6.91. The molecule has 1 nitrogen and oxygen atoms in total. The van der Waals surface area contributed by atoms with Gasteiger partial charge in [0.25, 0.3) is 0 Å². The van der Waals surface area contributed by atoms with E-state index in [0.29, 0.717) is 0 Å². The molecule has 0 bridgehead atoms. The van der Waals surface area contributed by atoms with E-state index in [-0.39, 0.29) is 0 Å². The van der Waals surface area contributed by atoms with Crippen molar-refractivity contribution in [2.75, 3.05) is 0 Å². The van der Waals surface area contributed by atoms with Gasteiger partial charge in [-0.3, -0.25) is 0 Å². The predicted molar refractivity (Wildman–Crippen MR) is 92.6 cm³/mol. The van der Waals surface area contributed by atoms with E-state index in [0.717, 1.165) is 5.92 Å². The third kappa shape index (κ3) is 6.63. The lowest BCUT2D eigenvalue weighted by atomic mass is 9.86. The highest BCUT2D eigenvalue weighted by atomic mass is 14.9. The zero-order valence-electron chi connectivity index (χ0n) is 14.8. The van der Waals surface area contributed by atoms with E-state index in [4.69, 9.17) is 0 Å². The van der Waals surface area contributed by atoms with E-state index in [1.165, 1.54) is 64.2 Å². The SMILES string of the molecule is CCCCCc1c[n+](C)ccc1C(CCCC)CCCC. The summed E-state index contributed by atoms with van der Waals surface area (Å²) in [5, 5.41) is 0. The van der Waals surface area contributed by atoms with Gasteiger partial charge in [0.2, 0.25) is 0 Å². The minimum absolute atomic E-state index is 0.780. The molecule has 120 valence electrons. The van der Waals surface area contributed by atoms with E-state index in [2.05, 4.69) is 50.8 Å². The average molecular weight is 291 g/mol. The molecular weight excluding hydrogens is 254 g/mol. The summed E-state index contributed by atoms with van der Waals surface area (Å²) in [7, 11) is 2.15. The summed E-state index contributed by atoms with van der Waals surface area (Å²) in [6, 6.07) is 2.40. The minimum atomic E-state index is 0.780. The maximum atomic E-state index is 2.40. The van der Waals surface area contributed by atoms with Gasteiger partial charge in [0.15, 0.2) is 12.4 Å². The Kier molecular flexibility index (Phi) is 9.37. The number of aryl methyl sites for hydroxylation is 2. The van der Waals surface area contributed by atoms with Crippen LogP contribution in [0.2, 0.25) is 0 Å². The van der Waals surface area contributed by atoms with E-state index < -0.39 is 0 Å². The monoisotopic (exact) mass is 290 g/mol. The first-order chi connectivity index (χ1) is 10.2. The van der Waals surface area contributed by atoms with Crippen molar-refractivity contribution in [3.8, 4) is 0 Å². The quantitative estimate of drug-likeness (QED) is 0.363. The lowest BCUT2D eigenvalue weighted by molar-refractivity contribution is -0.672. The molecule has 0 aliphatic carbocycles. The smallest absolute Gasteiger partial charge is 0.171 e. The van der Waals surface area contributed by atoms with Gasteiger partial charge in [0, 0.05) is 11.6 Å². The van der Waals surface area contributed by atoms with Gasteiger partial charge in [-0.15, -0.1) is 0 Å². The Morgan fingerprint density at radius 3 is 2.10 bits per heavy atom. The van der Waals surface area contributed by atoms with Crippen molar-refractivity contribution in [2.45, 2.75) is 90.9 Å². The van der Waals surface area contributed by atoms with Gasteiger partial charge >= 0.3 is 0 Å². The van der Waals surface area contributed by atoms with Crippen LogP contribution in [0.15, 0.2) is 18.5 Å². The third-order valence-electron chi connectivity index (χ3n) is 4.52. The van der Waals surface area contributed by atoms with Crippen LogP contribution in [-0.4, -0.2) is 0 Å². The van der Waals surface area contributed by atoms with Gasteiger partial charge in [-0.25, -0.2) is 4.57 Å². The molecule has 1 heteroatoms. The second-order valence-corrected chi connectivity index (χ2v) is 6.53.